The number of ether oxygens (including phenoxy) is 1. The molecule has 0 spiro atoms. The quantitative estimate of drug-likeness (QED) is 0.794. The lowest BCUT2D eigenvalue weighted by Gasteiger charge is -2.26. The number of esters is 1. The van der Waals surface area contributed by atoms with E-state index in [9.17, 15) is 4.79 Å². The van der Waals surface area contributed by atoms with Gasteiger partial charge in [-0.25, -0.2) is 0 Å². The average Bonchev–Trinajstić information content (AvgIpc) is 2.35. The summed E-state index contributed by atoms with van der Waals surface area (Å²) in [5, 5.41) is 3.38. The Balaban J connectivity index is 2.04. The molecule has 1 aliphatic rings. The average molecular weight is 219 g/mol. The van der Waals surface area contributed by atoms with Gasteiger partial charge in [0, 0.05) is 18.7 Å². The molecule has 0 amide bonds. The topological polar surface area (TPSA) is 38.3 Å². The summed E-state index contributed by atoms with van der Waals surface area (Å²) in [5.74, 6) is 0.368. The maximum atomic E-state index is 11.1. The SMILES string of the molecule is COC(=O)CCC1CCNc2ccccc21. The molecule has 1 aromatic rings. The Morgan fingerprint density at radius 1 is 1.50 bits per heavy atom. The Bertz CT molecular complexity index is 376. The van der Waals surface area contributed by atoms with Crippen molar-refractivity contribution in [2.45, 2.75) is 25.2 Å². The van der Waals surface area contributed by atoms with Crippen molar-refractivity contribution in [2.24, 2.45) is 0 Å². The van der Waals surface area contributed by atoms with Crippen LogP contribution in [0.1, 0.15) is 30.7 Å². The van der Waals surface area contributed by atoms with Crippen LogP contribution in [0.15, 0.2) is 24.3 Å². The van der Waals surface area contributed by atoms with E-state index in [0.717, 1.165) is 19.4 Å². The number of carbonyl (C=O) groups is 1. The van der Waals surface area contributed by atoms with E-state index in [0.29, 0.717) is 12.3 Å². The van der Waals surface area contributed by atoms with E-state index in [1.807, 2.05) is 6.07 Å². The molecule has 1 aliphatic heterocycles. The molecule has 0 saturated heterocycles. The predicted molar refractivity (Wildman–Crippen MR) is 63.5 cm³/mol. The number of methoxy groups -OCH3 is 1. The zero-order chi connectivity index (χ0) is 11.4. The van der Waals surface area contributed by atoms with Gasteiger partial charge in [-0.15, -0.1) is 0 Å². The second-order valence-corrected chi connectivity index (χ2v) is 4.11. The number of para-hydroxylation sites is 1. The summed E-state index contributed by atoms with van der Waals surface area (Å²) in [6.07, 6.45) is 2.48. The number of rotatable bonds is 3. The molecule has 0 radical (unpaired) electrons. The maximum Gasteiger partial charge on any atom is 0.305 e. The van der Waals surface area contributed by atoms with Crippen LogP contribution >= 0.6 is 0 Å². The Morgan fingerprint density at radius 3 is 3.12 bits per heavy atom. The smallest absolute Gasteiger partial charge is 0.305 e. The molecule has 0 aliphatic carbocycles. The van der Waals surface area contributed by atoms with Gasteiger partial charge in [0.1, 0.15) is 0 Å². The van der Waals surface area contributed by atoms with Crippen LogP contribution in [0.3, 0.4) is 0 Å². The Hall–Kier alpha value is -1.51. The first-order valence-corrected chi connectivity index (χ1v) is 5.71. The molecule has 3 heteroatoms. The molecule has 0 saturated carbocycles. The summed E-state index contributed by atoms with van der Waals surface area (Å²) in [6.45, 7) is 0.989. The lowest BCUT2D eigenvalue weighted by Crippen LogP contribution is -2.17. The highest BCUT2D eigenvalue weighted by Crippen LogP contribution is 2.34. The fraction of sp³-hybridized carbons (Fsp3) is 0.462. The van der Waals surface area contributed by atoms with E-state index in [2.05, 4.69) is 28.3 Å². The van der Waals surface area contributed by atoms with Crippen molar-refractivity contribution in [1.29, 1.82) is 0 Å². The largest absolute Gasteiger partial charge is 0.469 e. The highest BCUT2D eigenvalue weighted by atomic mass is 16.5. The number of benzene rings is 1. The van der Waals surface area contributed by atoms with Gasteiger partial charge in [0.15, 0.2) is 0 Å². The van der Waals surface area contributed by atoms with Crippen molar-refractivity contribution >= 4 is 11.7 Å². The van der Waals surface area contributed by atoms with Gasteiger partial charge in [0.05, 0.1) is 7.11 Å². The maximum absolute atomic E-state index is 11.1. The first-order chi connectivity index (χ1) is 7.81. The molecule has 16 heavy (non-hydrogen) atoms. The van der Waals surface area contributed by atoms with E-state index in [1.54, 1.807) is 0 Å². The molecule has 0 aromatic heterocycles. The van der Waals surface area contributed by atoms with E-state index in [1.165, 1.54) is 18.4 Å². The minimum atomic E-state index is -0.115. The summed E-state index contributed by atoms with van der Waals surface area (Å²) in [6, 6.07) is 8.33. The number of nitrogens with one attached hydrogen (secondary N) is 1. The summed E-state index contributed by atoms with van der Waals surface area (Å²) in [4.78, 5) is 11.1. The normalized spacial score (nSPS) is 18.4. The fourth-order valence-corrected chi connectivity index (χ4v) is 2.24. The van der Waals surface area contributed by atoms with Crippen molar-refractivity contribution in [3.63, 3.8) is 0 Å². The van der Waals surface area contributed by atoms with Crippen molar-refractivity contribution in [2.75, 3.05) is 19.0 Å². The molecule has 1 atom stereocenters. The predicted octanol–water partition coefficient (Wildman–Crippen LogP) is 2.54. The number of carbonyl (C=O) groups excluding carboxylic acids is 1. The third-order valence-corrected chi connectivity index (χ3v) is 3.13. The first kappa shape index (κ1) is 11.0. The van der Waals surface area contributed by atoms with Gasteiger partial charge in [-0.3, -0.25) is 4.79 Å². The molecule has 1 N–H and O–H groups in total. The molecular formula is C13H17NO2. The molecule has 3 nitrogen and oxygen atoms in total. The van der Waals surface area contributed by atoms with E-state index in [4.69, 9.17) is 0 Å². The van der Waals surface area contributed by atoms with Crippen molar-refractivity contribution in [3.8, 4) is 0 Å². The van der Waals surface area contributed by atoms with Gasteiger partial charge in [0.2, 0.25) is 0 Å². The lowest BCUT2D eigenvalue weighted by atomic mass is 9.87. The minimum Gasteiger partial charge on any atom is -0.469 e. The number of hydrogen-bond donors (Lipinski definition) is 1. The third kappa shape index (κ3) is 2.35. The zero-order valence-corrected chi connectivity index (χ0v) is 9.53. The van der Waals surface area contributed by atoms with Crippen LogP contribution < -0.4 is 5.32 Å². The van der Waals surface area contributed by atoms with Crippen LogP contribution in [-0.2, 0) is 9.53 Å². The van der Waals surface area contributed by atoms with Gasteiger partial charge < -0.3 is 10.1 Å². The van der Waals surface area contributed by atoms with E-state index >= 15 is 0 Å². The Morgan fingerprint density at radius 2 is 2.31 bits per heavy atom. The van der Waals surface area contributed by atoms with Gasteiger partial charge in [0.25, 0.3) is 0 Å². The van der Waals surface area contributed by atoms with Gasteiger partial charge >= 0.3 is 5.97 Å². The van der Waals surface area contributed by atoms with Crippen LogP contribution in [0, 0.1) is 0 Å². The van der Waals surface area contributed by atoms with Crippen molar-refractivity contribution in [1.82, 2.24) is 0 Å². The molecule has 0 bridgehead atoms. The number of anilines is 1. The monoisotopic (exact) mass is 219 g/mol. The van der Waals surface area contributed by atoms with Gasteiger partial charge in [-0.05, 0) is 30.4 Å². The number of hydrogen-bond acceptors (Lipinski definition) is 3. The van der Waals surface area contributed by atoms with Crippen LogP contribution in [0.4, 0.5) is 5.69 Å². The highest BCUT2D eigenvalue weighted by molar-refractivity contribution is 5.69. The summed E-state index contributed by atoms with van der Waals surface area (Å²) in [7, 11) is 1.44. The van der Waals surface area contributed by atoms with E-state index < -0.39 is 0 Å². The van der Waals surface area contributed by atoms with Crippen molar-refractivity contribution < 1.29 is 9.53 Å². The van der Waals surface area contributed by atoms with Crippen LogP contribution in [0.2, 0.25) is 0 Å². The first-order valence-electron chi connectivity index (χ1n) is 5.71. The highest BCUT2D eigenvalue weighted by Gasteiger charge is 2.20. The second-order valence-electron chi connectivity index (χ2n) is 4.11. The number of fused-ring (bicyclic) bond motifs is 1. The summed E-state index contributed by atoms with van der Waals surface area (Å²) >= 11 is 0. The Labute approximate surface area is 95.8 Å². The summed E-state index contributed by atoms with van der Waals surface area (Å²) < 4.78 is 4.67. The zero-order valence-electron chi connectivity index (χ0n) is 9.53. The molecule has 1 aromatic carbocycles. The molecule has 0 fully saturated rings. The van der Waals surface area contributed by atoms with Crippen LogP contribution in [-0.4, -0.2) is 19.6 Å². The van der Waals surface area contributed by atoms with Gasteiger partial charge in [-0.1, -0.05) is 18.2 Å². The fourth-order valence-electron chi connectivity index (χ4n) is 2.24. The standard InChI is InChI=1S/C13H17NO2/c1-16-13(15)7-6-10-8-9-14-12-5-3-2-4-11(10)12/h2-5,10,14H,6-9H2,1H3. The minimum absolute atomic E-state index is 0.115. The molecule has 1 unspecified atom stereocenters. The lowest BCUT2D eigenvalue weighted by molar-refractivity contribution is -0.140. The summed E-state index contributed by atoms with van der Waals surface area (Å²) in [5.41, 5.74) is 2.54. The van der Waals surface area contributed by atoms with E-state index in [-0.39, 0.29) is 5.97 Å². The van der Waals surface area contributed by atoms with Crippen molar-refractivity contribution in [3.05, 3.63) is 29.8 Å². The van der Waals surface area contributed by atoms with Crippen LogP contribution in [0.25, 0.3) is 0 Å². The van der Waals surface area contributed by atoms with Gasteiger partial charge in [-0.2, -0.15) is 0 Å². The van der Waals surface area contributed by atoms with Crippen LogP contribution in [0.5, 0.6) is 0 Å². The molecule has 1 heterocycles. The Kier molecular flexibility index (Phi) is 3.44. The molecular weight excluding hydrogens is 202 g/mol. The molecule has 86 valence electrons. The second kappa shape index (κ2) is 5.01. The third-order valence-electron chi connectivity index (χ3n) is 3.13. The molecule has 2 rings (SSSR count).